The maximum Gasteiger partial charge on any atom is 0.0966 e. The van der Waals surface area contributed by atoms with Crippen molar-refractivity contribution in [2.24, 2.45) is 5.73 Å². The molecule has 0 saturated carbocycles. The molecule has 0 radical (unpaired) electrons. The van der Waals surface area contributed by atoms with E-state index in [2.05, 4.69) is 36.5 Å². The van der Waals surface area contributed by atoms with E-state index in [0.29, 0.717) is 0 Å². The van der Waals surface area contributed by atoms with Crippen LogP contribution in [-0.2, 0) is 12.1 Å². The number of nitrogens with one attached hydrogen (secondary N) is 1. The molecule has 2 nitrogen and oxygen atoms in total. The molecule has 0 bridgehead atoms. The lowest BCUT2D eigenvalue weighted by Crippen LogP contribution is -2.50. The minimum atomic E-state index is -0.521. The summed E-state index contributed by atoms with van der Waals surface area (Å²) < 4.78 is 0. The molecule has 0 heterocycles. The van der Waals surface area contributed by atoms with Crippen molar-refractivity contribution in [1.29, 1.82) is 0 Å². The minimum Gasteiger partial charge on any atom is -0.309 e. The van der Waals surface area contributed by atoms with E-state index in [1.807, 2.05) is 37.4 Å². The minimum absolute atomic E-state index is 0.521. The second kappa shape index (κ2) is 5.34. The number of hydrogen-bond donors (Lipinski definition) is 2. The first-order chi connectivity index (χ1) is 8.65. The van der Waals surface area contributed by atoms with Gasteiger partial charge in [-0.15, -0.1) is 0 Å². The van der Waals surface area contributed by atoms with E-state index in [1.165, 1.54) is 11.1 Å². The third kappa shape index (κ3) is 2.61. The van der Waals surface area contributed by atoms with Crippen LogP contribution in [0.4, 0.5) is 0 Å². The Morgan fingerprint density at radius 3 is 2.22 bits per heavy atom. The molecular weight excluding hydrogens is 220 g/mol. The van der Waals surface area contributed by atoms with Gasteiger partial charge in [0.25, 0.3) is 0 Å². The van der Waals surface area contributed by atoms with Crippen LogP contribution in [0.5, 0.6) is 0 Å². The first-order valence-electron chi connectivity index (χ1n) is 6.23. The predicted molar refractivity (Wildman–Crippen MR) is 76.3 cm³/mol. The summed E-state index contributed by atoms with van der Waals surface area (Å²) in [5.74, 6) is 0. The monoisotopic (exact) mass is 240 g/mol. The zero-order valence-electron chi connectivity index (χ0n) is 11.0. The van der Waals surface area contributed by atoms with Gasteiger partial charge in [0.05, 0.1) is 5.66 Å². The second-order valence-electron chi connectivity index (χ2n) is 4.70. The van der Waals surface area contributed by atoms with E-state index in [4.69, 9.17) is 5.73 Å². The van der Waals surface area contributed by atoms with E-state index < -0.39 is 5.66 Å². The molecule has 18 heavy (non-hydrogen) atoms. The Kier molecular flexibility index (Phi) is 3.80. The normalized spacial score (nSPS) is 14.2. The van der Waals surface area contributed by atoms with Gasteiger partial charge in [0.2, 0.25) is 0 Å². The summed E-state index contributed by atoms with van der Waals surface area (Å²) in [6, 6.07) is 18.6. The lowest BCUT2D eigenvalue weighted by molar-refractivity contribution is 0.370. The zero-order chi connectivity index (χ0) is 13.0. The molecule has 0 aliphatic carbocycles. The quantitative estimate of drug-likeness (QED) is 0.806. The summed E-state index contributed by atoms with van der Waals surface area (Å²) in [7, 11) is 1.91. The Bertz CT molecular complexity index is 508. The number of benzene rings is 2. The van der Waals surface area contributed by atoms with Crippen LogP contribution in [0.15, 0.2) is 54.6 Å². The van der Waals surface area contributed by atoms with Crippen LogP contribution >= 0.6 is 0 Å². The molecule has 2 aromatic carbocycles. The molecule has 0 aliphatic rings. The SMILES string of the molecule is CNC(N)(Cc1ccccc1)c1ccccc1C. The highest BCUT2D eigenvalue weighted by Crippen LogP contribution is 2.23. The molecule has 1 atom stereocenters. The van der Waals surface area contributed by atoms with Crippen LogP contribution in [0.2, 0.25) is 0 Å². The lowest BCUT2D eigenvalue weighted by Gasteiger charge is -2.31. The largest absolute Gasteiger partial charge is 0.309 e. The van der Waals surface area contributed by atoms with Gasteiger partial charge in [-0.2, -0.15) is 0 Å². The third-order valence-corrected chi connectivity index (χ3v) is 3.40. The summed E-state index contributed by atoms with van der Waals surface area (Å²) in [4.78, 5) is 0. The van der Waals surface area contributed by atoms with Gasteiger partial charge in [-0.3, -0.25) is 5.32 Å². The summed E-state index contributed by atoms with van der Waals surface area (Å²) in [5, 5.41) is 3.26. The molecule has 1 unspecified atom stereocenters. The molecule has 0 saturated heterocycles. The standard InChI is InChI=1S/C16H20N2/c1-13-8-6-7-11-15(13)16(17,18-2)12-14-9-4-3-5-10-14/h3-11,18H,12,17H2,1-2H3. The molecular formula is C16H20N2. The van der Waals surface area contributed by atoms with Crippen molar-refractivity contribution in [3.8, 4) is 0 Å². The van der Waals surface area contributed by atoms with Crippen LogP contribution in [0.1, 0.15) is 16.7 Å². The van der Waals surface area contributed by atoms with Crippen molar-refractivity contribution in [2.75, 3.05) is 7.05 Å². The number of likely N-dealkylation sites (N-methyl/N-ethyl adjacent to an activating group) is 1. The summed E-state index contributed by atoms with van der Waals surface area (Å²) in [6.45, 7) is 2.10. The first kappa shape index (κ1) is 12.8. The highest BCUT2D eigenvalue weighted by atomic mass is 15.1. The second-order valence-corrected chi connectivity index (χ2v) is 4.70. The third-order valence-electron chi connectivity index (χ3n) is 3.40. The highest BCUT2D eigenvalue weighted by Gasteiger charge is 2.26. The van der Waals surface area contributed by atoms with Crippen molar-refractivity contribution in [1.82, 2.24) is 5.32 Å². The lowest BCUT2D eigenvalue weighted by atomic mass is 9.90. The summed E-state index contributed by atoms with van der Waals surface area (Å²) in [6.07, 6.45) is 0.773. The number of aryl methyl sites for hydroxylation is 1. The van der Waals surface area contributed by atoms with Gasteiger partial charge in [-0.05, 0) is 30.7 Å². The van der Waals surface area contributed by atoms with Crippen LogP contribution in [0.25, 0.3) is 0 Å². The average molecular weight is 240 g/mol. The number of hydrogen-bond acceptors (Lipinski definition) is 2. The topological polar surface area (TPSA) is 38.0 Å². The van der Waals surface area contributed by atoms with Crippen molar-refractivity contribution in [2.45, 2.75) is 19.0 Å². The van der Waals surface area contributed by atoms with E-state index in [0.717, 1.165) is 12.0 Å². The smallest absolute Gasteiger partial charge is 0.0966 e. The fourth-order valence-corrected chi connectivity index (χ4v) is 2.31. The number of rotatable bonds is 4. The molecule has 0 aromatic heterocycles. The van der Waals surface area contributed by atoms with Gasteiger partial charge in [-0.1, -0.05) is 54.6 Å². The zero-order valence-corrected chi connectivity index (χ0v) is 11.0. The Morgan fingerprint density at radius 1 is 1.00 bits per heavy atom. The maximum absolute atomic E-state index is 6.54. The summed E-state index contributed by atoms with van der Waals surface area (Å²) in [5.41, 5.74) is 9.62. The molecule has 2 rings (SSSR count). The predicted octanol–water partition coefficient (Wildman–Crippen LogP) is 2.57. The van der Waals surface area contributed by atoms with E-state index in [9.17, 15) is 0 Å². The van der Waals surface area contributed by atoms with Crippen LogP contribution < -0.4 is 11.1 Å². The van der Waals surface area contributed by atoms with Gasteiger partial charge in [0, 0.05) is 6.42 Å². The average Bonchev–Trinajstić information content (AvgIpc) is 2.40. The Morgan fingerprint density at radius 2 is 1.61 bits per heavy atom. The first-order valence-corrected chi connectivity index (χ1v) is 6.23. The van der Waals surface area contributed by atoms with Crippen molar-refractivity contribution in [3.05, 3.63) is 71.3 Å². The van der Waals surface area contributed by atoms with E-state index in [-0.39, 0.29) is 0 Å². The van der Waals surface area contributed by atoms with Crippen LogP contribution in [0.3, 0.4) is 0 Å². The Balaban J connectivity index is 2.34. The van der Waals surface area contributed by atoms with Crippen LogP contribution in [-0.4, -0.2) is 7.05 Å². The van der Waals surface area contributed by atoms with Crippen LogP contribution in [0, 0.1) is 6.92 Å². The fourth-order valence-electron chi connectivity index (χ4n) is 2.31. The maximum atomic E-state index is 6.54. The Labute approximate surface area is 109 Å². The van der Waals surface area contributed by atoms with Gasteiger partial charge in [0.1, 0.15) is 0 Å². The van der Waals surface area contributed by atoms with Gasteiger partial charge in [-0.25, -0.2) is 0 Å². The number of nitrogens with two attached hydrogens (primary N) is 1. The van der Waals surface area contributed by atoms with Crippen molar-refractivity contribution in [3.63, 3.8) is 0 Å². The van der Waals surface area contributed by atoms with E-state index >= 15 is 0 Å². The summed E-state index contributed by atoms with van der Waals surface area (Å²) >= 11 is 0. The molecule has 0 amide bonds. The molecule has 0 aliphatic heterocycles. The van der Waals surface area contributed by atoms with Crippen molar-refractivity contribution >= 4 is 0 Å². The van der Waals surface area contributed by atoms with Crippen molar-refractivity contribution < 1.29 is 0 Å². The van der Waals surface area contributed by atoms with Gasteiger partial charge in [0.15, 0.2) is 0 Å². The Hall–Kier alpha value is -1.64. The molecule has 2 aromatic rings. The molecule has 0 fully saturated rings. The molecule has 2 heteroatoms. The molecule has 94 valence electrons. The van der Waals surface area contributed by atoms with E-state index in [1.54, 1.807) is 0 Å². The van der Waals surface area contributed by atoms with Gasteiger partial charge < -0.3 is 5.73 Å². The fraction of sp³-hybridized carbons (Fsp3) is 0.250. The molecule has 0 spiro atoms. The van der Waals surface area contributed by atoms with Gasteiger partial charge >= 0.3 is 0 Å². The highest BCUT2D eigenvalue weighted by molar-refractivity contribution is 5.34. The molecule has 3 N–H and O–H groups in total.